The molecule has 1 aromatic rings. The lowest BCUT2D eigenvalue weighted by molar-refractivity contribution is -0.107. The molecular weight excluding hydrogens is 237 g/mol. The minimum Gasteiger partial charge on any atom is -0.485 e. The summed E-state index contributed by atoms with van der Waals surface area (Å²) in [5.41, 5.74) is 5.85. The predicted octanol–water partition coefficient (Wildman–Crippen LogP) is 1.34. The zero-order valence-electron chi connectivity index (χ0n) is 10.3. The molecular formula is C13H18FNO3. The van der Waals surface area contributed by atoms with E-state index >= 15 is 0 Å². The lowest BCUT2D eigenvalue weighted by atomic mass is 9.86. The van der Waals surface area contributed by atoms with E-state index in [4.69, 9.17) is 19.9 Å². The molecule has 5 heteroatoms. The third-order valence-electron chi connectivity index (χ3n) is 3.01. The molecule has 0 aliphatic heterocycles. The van der Waals surface area contributed by atoms with Gasteiger partial charge in [0.25, 0.3) is 0 Å². The Morgan fingerprint density at radius 1 is 1.33 bits per heavy atom. The monoisotopic (exact) mass is 255 g/mol. The lowest BCUT2D eigenvalue weighted by Gasteiger charge is -2.41. The fourth-order valence-corrected chi connectivity index (χ4v) is 1.93. The summed E-state index contributed by atoms with van der Waals surface area (Å²) in [5, 5.41) is 0. The Kier molecular flexibility index (Phi) is 4.52. The number of para-hydroxylation sites is 1. The van der Waals surface area contributed by atoms with Gasteiger partial charge in [0.2, 0.25) is 0 Å². The molecule has 0 radical (unpaired) electrons. The van der Waals surface area contributed by atoms with Gasteiger partial charge in [-0.2, -0.15) is 0 Å². The number of rotatable bonds is 6. The molecule has 0 heterocycles. The second kappa shape index (κ2) is 6.13. The Morgan fingerprint density at radius 3 is 2.78 bits per heavy atom. The van der Waals surface area contributed by atoms with E-state index in [-0.39, 0.29) is 29.8 Å². The number of benzene rings is 1. The Bertz CT molecular complexity index is 388. The summed E-state index contributed by atoms with van der Waals surface area (Å²) in [6.45, 7) is 0.974. The minimum atomic E-state index is -0.367. The maximum absolute atomic E-state index is 13.4. The summed E-state index contributed by atoms with van der Waals surface area (Å²) < 4.78 is 29.5. The Hall–Kier alpha value is -1.17. The molecule has 0 aromatic heterocycles. The molecule has 1 saturated carbocycles. The molecule has 1 fully saturated rings. The summed E-state index contributed by atoms with van der Waals surface area (Å²) in [7, 11) is 1.61. The molecule has 0 bridgehead atoms. The average molecular weight is 255 g/mol. The number of hydrogen-bond acceptors (Lipinski definition) is 4. The van der Waals surface area contributed by atoms with Crippen LogP contribution in [0.15, 0.2) is 24.3 Å². The molecule has 1 aromatic carbocycles. The van der Waals surface area contributed by atoms with Gasteiger partial charge in [-0.25, -0.2) is 4.39 Å². The van der Waals surface area contributed by atoms with E-state index in [1.807, 2.05) is 0 Å². The maximum Gasteiger partial charge on any atom is 0.165 e. The second-order valence-electron chi connectivity index (χ2n) is 4.31. The summed E-state index contributed by atoms with van der Waals surface area (Å²) in [6.07, 6.45) is 0.292. The highest BCUT2D eigenvalue weighted by Crippen LogP contribution is 2.28. The highest BCUT2D eigenvalue weighted by molar-refractivity contribution is 5.24. The molecule has 0 spiro atoms. The Labute approximate surface area is 106 Å². The number of hydrogen-bond donors (Lipinski definition) is 1. The van der Waals surface area contributed by atoms with E-state index in [0.717, 1.165) is 0 Å². The Balaban J connectivity index is 1.88. The van der Waals surface area contributed by atoms with Gasteiger partial charge in [0.15, 0.2) is 11.6 Å². The summed E-state index contributed by atoms with van der Waals surface area (Å²) in [5.74, 6) is -0.122. The molecule has 3 unspecified atom stereocenters. The van der Waals surface area contributed by atoms with Crippen LogP contribution in [0, 0.1) is 5.82 Å². The molecule has 100 valence electrons. The van der Waals surface area contributed by atoms with E-state index in [1.165, 1.54) is 6.07 Å². The summed E-state index contributed by atoms with van der Waals surface area (Å²) in [4.78, 5) is 0. The van der Waals surface area contributed by atoms with Crippen molar-refractivity contribution in [1.82, 2.24) is 0 Å². The number of methoxy groups -OCH3 is 1. The van der Waals surface area contributed by atoms with Gasteiger partial charge in [-0.05, 0) is 12.1 Å². The van der Waals surface area contributed by atoms with Crippen LogP contribution in [0.5, 0.6) is 5.75 Å². The van der Waals surface area contributed by atoms with Gasteiger partial charge >= 0.3 is 0 Å². The van der Waals surface area contributed by atoms with E-state index in [0.29, 0.717) is 19.6 Å². The average Bonchev–Trinajstić information content (AvgIpc) is 2.36. The normalized spacial score (nSPS) is 26.7. The van der Waals surface area contributed by atoms with Crippen LogP contribution >= 0.6 is 0 Å². The largest absolute Gasteiger partial charge is 0.485 e. The molecule has 0 saturated heterocycles. The maximum atomic E-state index is 13.4. The molecule has 18 heavy (non-hydrogen) atoms. The van der Waals surface area contributed by atoms with E-state index < -0.39 is 0 Å². The van der Waals surface area contributed by atoms with Gasteiger partial charge in [-0.3, -0.25) is 0 Å². The highest BCUT2D eigenvalue weighted by Gasteiger charge is 2.41. The van der Waals surface area contributed by atoms with Crippen LogP contribution in [0.2, 0.25) is 0 Å². The van der Waals surface area contributed by atoms with Crippen molar-refractivity contribution in [2.45, 2.75) is 24.7 Å². The summed E-state index contributed by atoms with van der Waals surface area (Å²) in [6, 6.07) is 6.28. The van der Waals surface area contributed by atoms with Crippen molar-refractivity contribution >= 4 is 0 Å². The fraction of sp³-hybridized carbons (Fsp3) is 0.538. The highest BCUT2D eigenvalue weighted by atomic mass is 19.1. The topological polar surface area (TPSA) is 53.7 Å². The second-order valence-corrected chi connectivity index (χ2v) is 4.31. The quantitative estimate of drug-likeness (QED) is 0.779. The summed E-state index contributed by atoms with van der Waals surface area (Å²) >= 11 is 0. The first-order valence-corrected chi connectivity index (χ1v) is 5.99. The van der Waals surface area contributed by atoms with Crippen molar-refractivity contribution in [2.24, 2.45) is 5.73 Å². The van der Waals surface area contributed by atoms with Gasteiger partial charge < -0.3 is 19.9 Å². The van der Waals surface area contributed by atoms with Crippen molar-refractivity contribution in [3.05, 3.63) is 30.1 Å². The molecule has 2 N–H and O–H groups in total. The smallest absolute Gasteiger partial charge is 0.165 e. The lowest BCUT2D eigenvalue weighted by Crippen LogP contribution is -2.59. The van der Waals surface area contributed by atoms with Crippen LogP contribution in [0.25, 0.3) is 0 Å². The van der Waals surface area contributed by atoms with Gasteiger partial charge in [0.05, 0.1) is 13.2 Å². The van der Waals surface area contributed by atoms with Crippen molar-refractivity contribution in [3.8, 4) is 5.75 Å². The van der Waals surface area contributed by atoms with Crippen molar-refractivity contribution in [2.75, 3.05) is 20.3 Å². The third-order valence-corrected chi connectivity index (χ3v) is 3.01. The van der Waals surface area contributed by atoms with Crippen LogP contribution in [-0.4, -0.2) is 38.6 Å². The van der Waals surface area contributed by atoms with Crippen LogP contribution in [0.3, 0.4) is 0 Å². The molecule has 3 atom stereocenters. The van der Waals surface area contributed by atoms with Crippen molar-refractivity contribution < 1.29 is 18.6 Å². The van der Waals surface area contributed by atoms with Crippen molar-refractivity contribution in [1.29, 1.82) is 0 Å². The SMILES string of the molecule is COCCOC1C(N)CC1Oc1ccccc1F. The van der Waals surface area contributed by atoms with Gasteiger partial charge in [0.1, 0.15) is 12.2 Å². The van der Waals surface area contributed by atoms with E-state index in [1.54, 1.807) is 25.3 Å². The van der Waals surface area contributed by atoms with E-state index in [2.05, 4.69) is 0 Å². The first kappa shape index (κ1) is 13.3. The van der Waals surface area contributed by atoms with Crippen LogP contribution < -0.4 is 10.5 Å². The number of nitrogens with two attached hydrogens (primary N) is 1. The molecule has 2 rings (SSSR count). The molecule has 1 aliphatic carbocycles. The van der Waals surface area contributed by atoms with Gasteiger partial charge in [0, 0.05) is 19.6 Å². The van der Waals surface area contributed by atoms with Crippen LogP contribution in [0.1, 0.15) is 6.42 Å². The molecule has 4 nitrogen and oxygen atoms in total. The van der Waals surface area contributed by atoms with Crippen molar-refractivity contribution in [3.63, 3.8) is 0 Å². The zero-order valence-corrected chi connectivity index (χ0v) is 10.3. The number of ether oxygens (including phenoxy) is 3. The Morgan fingerprint density at radius 2 is 2.11 bits per heavy atom. The van der Waals surface area contributed by atoms with Gasteiger partial charge in [-0.15, -0.1) is 0 Å². The minimum absolute atomic E-state index is 0.0568. The van der Waals surface area contributed by atoms with Gasteiger partial charge in [-0.1, -0.05) is 12.1 Å². The standard InChI is InChI=1S/C13H18FNO3/c1-16-6-7-17-13-10(15)8-12(13)18-11-5-3-2-4-9(11)14/h2-5,10,12-13H,6-8,15H2,1H3. The van der Waals surface area contributed by atoms with E-state index in [9.17, 15) is 4.39 Å². The third kappa shape index (κ3) is 2.98. The fourth-order valence-electron chi connectivity index (χ4n) is 1.93. The zero-order chi connectivity index (χ0) is 13.0. The van der Waals surface area contributed by atoms with Crippen LogP contribution in [-0.2, 0) is 9.47 Å². The van der Waals surface area contributed by atoms with Crippen LogP contribution in [0.4, 0.5) is 4.39 Å². The number of halogens is 1. The molecule has 1 aliphatic rings. The predicted molar refractivity (Wildman–Crippen MR) is 65.0 cm³/mol. The molecule has 0 amide bonds. The first-order chi connectivity index (χ1) is 8.72. The first-order valence-electron chi connectivity index (χ1n) is 5.99.